The normalized spacial score (nSPS) is 10.8. The van der Waals surface area contributed by atoms with Gasteiger partial charge in [-0.15, -0.1) is 11.8 Å². The highest BCUT2D eigenvalue weighted by atomic mass is 32.2. The van der Waals surface area contributed by atoms with Crippen LogP contribution in [-0.4, -0.2) is 0 Å². The van der Waals surface area contributed by atoms with Crippen LogP contribution in [0.3, 0.4) is 0 Å². The number of benzene rings is 3. The van der Waals surface area contributed by atoms with Gasteiger partial charge in [0.25, 0.3) is 0 Å². The van der Waals surface area contributed by atoms with Gasteiger partial charge in [0.15, 0.2) is 0 Å². The molecule has 0 N–H and O–H groups in total. The summed E-state index contributed by atoms with van der Waals surface area (Å²) in [6.45, 7) is 0. The predicted molar refractivity (Wildman–Crippen MR) is 79.9 cm³/mol. The highest BCUT2D eigenvalue weighted by Crippen LogP contribution is 2.30. The SMILES string of the molecule is Fc1ccc(CSc2cccc3ccccc23)cc1. The number of fused-ring (bicyclic) bond motifs is 1. The minimum absolute atomic E-state index is 0.182. The van der Waals surface area contributed by atoms with E-state index in [2.05, 4.69) is 42.5 Å². The van der Waals surface area contributed by atoms with E-state index in [0.29, 0.717) is 0 Å². The van der Waals surface area contributed by atoms with Gasteiger partial charge in [-0.3, -0.25) is 0 Å². The maximum atomic E-state index is 12.9. The molecule has 3 aromatic rings. The molecule has 0 spiro atoms. The lowest BCUT2D eigenvalue weighted by atomic mass is 10.1. The fourth-order valence-corrected chi connectivity index (χ4v) is 3.09. The third kappa shape index (κ3) is 2.79. The van der Waals surface area contributed by atoms with Crippen LogP contribution in [0.1, 0.15) is 5.56 Å². The number of halogens is 1. The minimum Gasteiger partial charge on any atom is -0.207 e. The molecule has 0 saturated heterocycles. The molecule has 3 rings (SSSR count). The summed E-state index contributed by atoms with van der Waals surface area (Å²) in [7, 11) is 0. The maximum Gasteiger partial charge on any atom is 0.123 e. The Bertz CT molecular complexity index is 684. The van der Waals surface area contributed by atoms with Crippen LogP contribution in [0.15, 0.2) is 71.6 Å². The van der Waals surface area contributed by atoms with Crippen LogP contribution in [0, 0.1) is 5.82 Å². The van der Waals surface area contributed by atoms with Crippen LogP contribution in [0.25, 0.3) is 10.8 Å². The monoisotopic (exact) mass is 268 g/mol. The molecule has 0 fully saturated rings. The fraction of sp³-hybridized carbons (Fsp3) is 0.0588. The molecule has 19 heavy (non-hydrogen) atoms. The molecular weight excluding hydrogens is 255 g/mol. The Morgan fingerprint density at radius 3 is 2.37 bits per heavy atom. The van der Waals surface area contributed by atoms with E-state index < -0.39 is 0 Å². The summed E-state index contributed by atoms with van der Waals surface area (Å²) >= 11 is 1.79. The van der Waals surface area contributed by atoms with Crippen LogP contribution >= 0.6 is 11.8 Å². The Morgan fingerprint density at radius 2 is 1.53 bits per heavy atom. The van der Waals surface area contributed by atoms with Crippen molar-refractivity contribution in [1.82, 2.24) is 0 Å². The highest BCUT2D eigenvalue weighted by molar-refractivity contribution is 7.98. The van der Waals surface area contributed by atoms with Gasteiger partial charge in [-0.1, -0.05) is 48.5 Å². The first-order valence-electron chi connectivity index (χ1n) is 6.18. The summed E-state index contributed by atoms with van der Waals surface area (Å²) in [6.07, 6.45) is 0. The molecule has 0 aliphatic rings. The molecule has 2 heteroatoms. The second-order valence-electron chi connectivity index (χ2n) is 4.39. The summed E-state index contributed by atoms with van der Waals surface area (Å²) in [5.41, 5.74) is 1.14. The molecule has 0 aliphatic heterocycles. The summed E-state index contributed by atoms with van der Waals surface area (Å²) in [6, 6.07) is 21.4. The lowest BCUT2D eigenvalue weighted by Gasteiger charge is -2.06. The number of hydrogen-bond acceptors (Lipinski definition) is 1. The van der Waals surface area contributed by atoms with Crippen molar-refractivity contribution in [2.45, 2.75) is 10.6 Å². The first kappa shape index (κ1) is 12.2. The van der Waals surface area contributed by atoms with Gasteiger partial charge in [0.05, 0.1) is 0 Å². The predicted octanol–water partition coefficient (Wildman–Crippen LogP) is 5.27. The number of thioether (sulfide) groups is 1. The standard InChI is InChI=1S/C17H13FS/c18-15-10-8-13(9-11-15)12-19-17-7-3-5-14-4-1-2-6-16(14)17/h1-11H,12H2. The molecule has 0 heterocycles. The lowest BCUT2D eigenvalue weighted by Crippen LogP contribution is -1.83. The molecule has 3 aromatic carbocycles. The highest BCUT2D eigenvalue weighted by Gasteiger charge is 2.01. The van der Waals surface area contributed by atoms with E-state index in [4.69, 9.17) is 0 Å². The van der Waals surface area contributed by atoms with Gasteiger partial charge < -0.3 is 0 Å². The first-order chi connectivity index (χ1) is 9.33. The van der Waals surface area contributed by atoms with Crippen LogP contribution in [-0.2, 0) is 5.75 Å². The summed E-state index contributed by atoms with van der Waals surface area (Å²) in [5.74, 6) is 0.674. The van der Waals surface area contributed by atoms with Crippen molar-refractivity contribution >= 4 is 22.5 Å². The molecule has 0 amide bonds. The maximum absolute atomic E-state index is 12.9. The molecule has 0 unspecified atom stereocenters. The topological polar surface area (TPSA) is 0 Å². The molecular formula is C17H13FS. The summed E-state index contributed by atoms with van der Waals surface area (Å²) in [5, 5.41) is 2.53. The third-order valence-electron chi connectivity index (χ3n) is 3.06. The third-order valence-corrected chi connectivity index (χ3v) is 4.20. The van der Waals surface area contributed by atoms with Gasteiger partial charge in [-0.05, 0) is 34.5 Å². The van der Waals surface area contributed by atoms with Crippen molar-refractivity contribution in [3.63, 3.8) is 0 Å². The molecule has 0 aliphatic carbocycles. The Kier molecular flexibility index (Phi) is 3.51. The van der Waals surface area contributed by atoms with Gasteiger partial charge in [-0.25, -0.2) is 4.39 Å². The van der Waals surface area contributed by atoms with E-state index in [9.17, 15) is 4.39 Å². The molecule has 0 aromatic heterocycles. The molecule has 94 valence electrons. The van der Waals surface area contributed by atoms with Crippen LogP contribution in [0.5, 0.6) is 0 Å². The Morgan fingerprint density at radius 1 is 0.789 bits per heavy atom. The Balaban J connectivity index is 1.84. The minimum atomic E-state index is -0.182. The van der Waals surface area contributed by atoms with Gasteiger partial charge in [0.1, 0.15) is 5.82 Å². The largest absolute Gasteiger partial charge is 0.207 e. The Labute approximate surface area is 116 Å². The van der Waals surface area contributed by atoms with E-state index in [1.54, 1.807) is 11.8 Å². The van der Waals surface area contributed by atoms with Crippen molar-refractivity contribution in [2.75, 3.05) is 0 Å². The first-order valence-corrected chi connectivity index (χ1v) is 7.16. The lowest BCUT2D eigenvalue weighted by molar-refractivity contribution is 0.627. The zero-order valence-corrected chi connectivity index (χ0v) is 11.2. The second kappa shape index (κ2) is 5.45. The molecule has 0 radical (unpaired) electrons. The van der Waals surface area contributed by atoms with E-state index in [1.807, 2.05) is 12.1 Å². The average molecular weight is 268 g/mol. The van der Waals surface area contributed by atoms with E-state index in [0.717, 1.165) is 11.3 Å². The van der Waals surface area contributed by atoms with E-state index >= 15 is 0 Å². The second-order valence-corrected chi connectivity index (χ2v) is 5.41. The summed E-state index contributed by atoms with van der Waals surface area (Å²) in [4.78, 5) is 1.27. The smallest absolute Gasteiger partial charge is 0.123 e. The van der Waals surface area contributed by atoms with Crippen molar-refractivity contribution < 1.29 is 4.39 Å². The average Bonchev–Trinajstić information content (AvgIpc) is 2.47. The molecule has 0 saturated carbocycles. The van der Waals surface area contributed by atoms with Crippen LogP contribution in [0.4, 0.5) is 4.39 Å². The van der Waals surface area contributed by atoms with Crippen molar-refractivity contribution in [3.05, 3.63) is 78.1 Å². The number of rotatable bonds is 3. The molecule has 0 atom stereocenters. The van der Waals surface area contributed by atoms with Crippen LogP contribution in [0.2, 0.25) is 0 Å². The van der Waals surface area contributed by atoms with Gasteiger partial charge in [0, 0.05) is 10.6 Å². The molecule has 0 nitrogen and oxygen atoms in total. The zero-order valence-electron chi connectivity index (χ0n) is 10.3. The summed E-state index contributed by atoms with van der Waals surface area (Å²) < 4.78 is 12.9. The zero-order chi connectivity index (χ0) is 13.1. The molecule has 0 bridgehead atoms. The van der Waals surface area contributed by atoms with Crippen molar-refractivity contribution in [3.8, 4) is 0 Å². The van der Waals surface area contributed by atoms with Gasteiger partial charge in [0.2, 0.25) is 0 Å². The quantitative estimate of drug-likeness (QED) is 0.583. The Hall–Kier alpha value is -1.80. The van der Waals surface area contributed by atoms with E-state index in [-0.39, 0.29) is 5.82 Å². The van der Waals surface area contributed by atoms with E-state index in [1.165, 1.54) is 27.8 Å². The fourth-order valence-electron chi connectivity index (χ4n) is 2.06. The van der Waals surface area contributed by atoms with Crippen LogP contribution < -0.4 is 0 Å². The number of hydrogen-bond donors (Lipinski definition) is 0. The van der Waals surface area contributed by atoms with Crippen molar-refractivity contribution in [2.24, 2.45) is 0 Å². The van der Waals surface area contributed by atoms with Gasteiger partial charge >= 0.3 is 0 Å². The van der Waals surface area contributed by atoms with Crippen molar-refractivity contribution in [1.29, 1.82) is 0 Å². The van der Waals surface area contributed by atoms with Gasteiger partial charge in [-0.2, -0.15) is 0 Å².